The van der Waals surface area contributed by atoms with Crippen molar-refractivity contribution < 1.29 is 25.2 Å². The number of hydrogen-bond acceptors (Lipinski definition) is 3. The number of ether oxygens (including phenoxy) is 1. The van der Waals surface area contributed by atoms with Crippen LogP contribution in [0.1, 0.15) is 41.0 Å². The topological polar surface area (TPSA) is 66.8 Å². The molecule has 2 rings (SSSR count). The SMILES string of the molecule is [2H]C1([2H])c2c(C)c(O)c(C)c(C)c2OC(C)(C(=O)O)C1([2H])[2H]. The predicted octanol–water partition coefficient (Wildman–Crippen LogP) is 2.49. The number of aliphatic carboxylic acids is 1. The number of phenolic OH excluding ortho intramolecular Hbond substituents is 1. The molecule has 0 amide bonds. The minimum Gasteiger partial charge on any atom is -0.507 e. The van der Waals surface area contributed by atoms with Gasteiger partial charge in [-0.3, -0.25) is 0 Å². The van der Waals surface area contributed by atoms with Gasteiger partial charge in [-0.1, -0.05) is 0 Å². The molecule has 1 aliphatic rings. The first-order chi connectivity index (χ1) is 9.80. The van der Waals surface area contributed by atoms with Gasteiger partial charge in [-0.2, -0.15) is 0 Å². The average molecular weight is 254 g/mol. The van der Waals surface area contributed by atoms with E-state index in [2.05, 4.69) is 0 Å². The molecule has 2 N–H and O–H groups in total. The second kappa shape index (κ2) is 3.90. The molecule has 0 aliphatic carbocycles. The van der Waals surface area contributed by atoms with E-state index in [1.807, 2.05) is 0 Å². The summed E-state index contributed by atoms with van der Waals surface area (Å²) in [5.74, 6) is -1.74. The van der Waals surface area contributed by atoms with Crippen LogP contribution in [0.3, 0.4) is 0 Å². The van der Waals surface area contributed by atoms with Crippen molar-refractivity contribution in [2.24, 2.45) is 0 Å². The van der Waals surface area contributed by atoms with Gasteiger partial charge in [0, 0.05) is 17.4 Å². The van der Waals surface area contributed by atoms with Crippen molar-refractivity contribution in [2.45, 2.75) is 46.0 Å². The Hall–Kier alpha value is -1.71. The van der Waals surface area contributed by atoms with E-state index in [0.29, 0.717) is 11.1 Å². The zero-order valence-electron chi connectivity index (χ0n) is 14.7. The fourth-order valence-corrected chi connectivity index (χ4v) is 1.89. The molecule has 0 radical (unpaired) electrons. The molecule has 1 aliphatic heterocycles. The number of rotatable bonds is 1. The zero-order chi connectivity index (χ0) is 17.2. The highest BCUT2D eigenvalue weighted by Crippen LogP contribution is 2.43. The minimum absolute atomic E-state index is 0.0159. The summed E-state index contributed by atoms with van der Waals surface area (Å²) >= 11 is 0. The van der Waals surface area contributed by atoms with Gasteiger partial charge in [0.1, 0.15) is 11.5 Å². The number of benzene rings is 1. The number of fused-ring (bicyclic) bond motifs is 1. The molecule has 0 bridgehead atoms. The van der Waals surface area contributed by atoms with E-state index >= 15 is 0 Å². The lowest BCUT2D eigenvalue weighted by Gasteiger charge is -2.34. The van der Waals surface area contributed by atoms with E-state index in [9.17, 15) is 15.0 Å². The minimum atomic E-state index is -2.84. The van der Waals surface area contributed by atoms with Crippen molar-refractivity contribution in [1.29, 1.82) is 0 Å². The third-order valence-corrected chi connectivity index (χ3v) is 3.36. The van der Waals surface area contributed by atoms with Crippen LogP contribution in [0.5, 0.6) is 11.5 Å². The smallest absolute Gasteiger partial charge is 0.347 e. The summed E-state index contributed by atoms with van der Waals surface area (Å²) in [5, 5.41) is 19.5. The molecule has 1 atom stereocenters. The molecule has 1 aromatic carbocycles. The standard InChI is InChI=1S/C14H18O4/c1-7-8(2)12-10(9(3)11(7)15)5-6-14(4,18-12)13(16)17/h15H,5-6H2,1-4H3,(H,16,17)/i5D2,6D2. The third-order valence-electron chi connectivity index (χ3n) is 3.36. The summed E-state index contributed by atoms with van der Waals surface area (Å²) in [7, 11) is 0. The van der Waals surface area contributed by atoms with Crippen LogP contribution >= 0.6 is 0 Å². The van der Waals surface area contributed by atoms with Crippen molar-refractivity contribution in [3.05, 3.63) is 22.3 Å². The molecule has 1 aromatic rings. The number of hydrogen-bond donors (Lipinski definition) is 2. The Morgan fingerprint density at radius 3 is 2.50 bits per heavy atom. The molecule has 4 nitrogen and oxygen atoms in total. The normalized spacial score (nSPS) is 31.1. The largest absolute Gasteiger partial charge is 0.507 e. The second-order valence-electron chi connectivity index (χ2n) is 4.62. The quantitative estimate of drug-likeness (QED) is 0.808. The molecular weight excluding hydrogens is 232 g/mol. The first kappa shape index (κ1) is 8.40. The Morgan fingerprint density at radius 2 is 1.94 bits per heavy atom. The van der Waals surface area contributed by atoms with E-state index in [0.717, 1.165) is 6.92 Å². The summed E-state index contributed by atoms with van der Waals surface area (Å²) in [6.45, 7) is 5.67. The van der Waals surface area contributed by atoms with Crippen LogP contribution in [-0.4, -0.2) is 21.8 Å². The monoisotopic (exact) mass is 254 g/mol. The van der Waals surface area contributed by atoms with Crippen molar-refractivity contribution in [2.75, 3.05) is 0 Å². The summed E-state index contributed by atoms with van der Waals surface area (Å²) in [4.78, 5) is 11.6. The average Bonchev–Trinajstić information content (AvgIpc) is 2.40. The predicted molar refractivity (Wildman–Crippen MR) is 67.3 cm³/mol. The van der Waals surface area contributed by atoms with Gasteiger partial charge in [-0.05, 0) is 50.8 Å². The highest BCUT2D eigenvalue weighted by molar-refractivity contribution is 5.78. The Kier molecular flexibility index (Phi) is 1.82. The molecule has 4 heteroatoms. The Morgan fingerprint density at radius 1 is 1.33 bits per heavy atom. The van der Waals surface area contributed by atoms with Gasteiger partial charge < -0.3 is 14.9 Å². The van der Waals surface area contributed by atoms with E-state index in [1.54, 1.807) is 13.8 Å². The van der Waals surface area contributed by atoms with Crippen LogP contribution in [0, 0.1) is 20.8 Å². The molecule has 1 heterocycles. The van der Waals surface area contributed by atoms with Crippen molar-refractivity contribution >= 4 is 5.97 Å². The highest BCUT2D eigenvalue weighted by Gasteiger charge is 2.40. The molecule has 0 saturated heterocycles. The summed E-state index contributed by atoms with van der Waals surface area (Å²) in [6, 6.07) is 0. The number of carbonyl (C=O) groups is 1. The van der Waals surface area contributed by atoms with Crippen molar-refractivity contribution in [1.82, 2.24) is 0 Å². The molecule has 18 heavy (non-hydrogen) atoms. The molecule has 0 fully saturated rings. The van der Waals surface area contributed by atoms with Crippen molar-refractivity contribution in [3.8, 4) is 11.5 Å². The highest BCUT2D eigenvalue weighted by atomic mass is 16.5. The van der Waals surface area contributed by atoms with Gasteiger partial charge in [0.05, 0.1) is 0 Å². The Labute approximate surface area is 112 Å². The molecular formula is C14H18O4. The van der Waals surface area contributed by atoms with Gasteiger partial charge >= 0.3 is 5.97 Å². The van der Waals surface area contributed by atoms with Crippen LogP contribution < -0.4 is 4.74 Å². The lowest BCUT2D eigenvalue weighted by atomic mass is 9.87. The van der Waals surface area contributed by atoms with Gasteiger partial charge in [0.15, 0.2) is 0 Å². The number of carboxylic acids is 1. The third kappa shape index (κ3) is 1.64. The van der Waals surface area contributed by atoms with Crippen LogP contribution in [0.25, 0.3) is 0 Å². The molecule has 0 spiro atoms. The first-order valence-electron chi connectivity index (χ1n) is 7.56. The van der Waals surface area contributed by atoms with Gasteiger partial charge in [-0.25, -0.2) is 4.79 Å². The van der Waals surface area contributed by atoms with Crippen LogP contribution in [0.15, 0.2) is 0 Å². The lowest BCUT2D eigenvalue weighted by molar-refractivity contribution is -0.155. The van der Waals surface area contributed by atoms with Gasteiger partial charge in [-0.15, -0.1) is 0 Å². The molecule has 0 aromatic heterocycles. The molecule has 98 valence electrons. The Bertz CT molecular complexity index is 684. The van der Waals surface area contributed by atoms with Crippen molar-refractivity contribution in [3.63, 3.8) is 0 Å². The van der Waals surface area contributed by atoms with E-state index in [4.69, 9.17) is 10.2 Å². The first-order valence-corrected chi connectivity index (χ1v) is 5.56. The lowest BCUT2D eigenvalue weighted by Crippen LogP contribution is -2.44. The van der Waals surface area contributed by atoms with E-state index in [-0.39, 0.29) is 22.6 Å². The van der Waals surface area contributed by atoms with E-state index < -0.39 is 24.3 Å². The van der Waals surface area contributed by atoms with Gasteiger partial charge in [0.2, 0.25) is 5.60 Å². The maximum Gasteiger partial charge on any atom is 0.347 e. The van der Waals surface area contributed by atoms with Crippen LogP contribution in [0.2, 0.25) is 0 Å². The zero-order valence-corrected chi connectivity index (χ0v) is 10.7. The number of aromatic hydroxyl groups is 1. The fourth-order valence-electron chi connectivity index (χ4n) is 1.89. The second-order valence-corrected chi connectivity index (χ2v) is 4.62. The van der Waals surface area contributed by atoms with Crippen LogP contribution in [0.4, 0.5) is 0 Å². The van der Waals surface area contributed by atoms with E-state index in [1.165, 1.54) is 6.92 Å². The van der Waals surface area contributed by atoms with Gasteiger partial charge in [0.25, 0.3) is 0 Å². The number of carboxylic acid groups (broad SMARTS) is 1. The molecule has 0 saturated carbocycles. The summed E-state index contributed by atoms with van der Waals surface area (Å²) in [5.41, 5.74) is -1.53. The maximum absolute atomic E-state index is 11.6. The van der Waals surface area contributed by atoms with Crippen LogP contribution in [-0.2, 0) is 11.2 Å². The Balaban J connectivity index is 2.95. The maximum atomic E-state index is 11.6. The summed E-state index contributed by atoms with van der Waals surface area (Å²) in [6.07, 6.45) is -5.48. The fraction of sp³-hybridized carbons (Fsp3) is 0.500. The molecule has 1 unspecified atom stereocenters. The summed E-state index contributed by atoms with van der Waals surface area (Å²) < 4.78 is 37.9. The number of phenols is 1.